The molecular formula is C53H57ClF4N8O6. The van der Waals surface area contributed by atoms with E-state index in [1.54, 1.807) is 7.05 Å². The lowest BCUT2D eigenvalue weighted by atomic mass is 9.77. The number of imide groups is 1. The number of carbonyl (C=O) groups is 4. The number of ether oxygens (including phenoxy) is 1. The first-order chi connectivity index (χ1) is 34.5. The van der Waals surface area contributed by atoms with Crippen LogP contribution in [0.4, 0.5) is 28.2 Å². The molecule has 3 saturated heterocycles. The van der Waals surface area contributed by atoms with Crippen molar-refractivity contribution >= 4 is 52.1 Å². The van der Waals surface area contributed by atoms with Gasteiger partial charge in [-0.25, -0.2) is 22.4 Å². The normalized spacial score (nSPS) is 23.3. The number of rotatable bonds is 11. The van der Waals surface area contributed by atoms with Crippen molar-refractivity contribution < 1.29 is 46.6 Å². The van der Waals surface area contributed by atoms with Crippen LogP contribution in [0, 0.1) is 35.1 Å². The van der Waals surface area contributed by atoms with Crippen LogP contribution >= 0.6 is 11.6 Å². The van der Waals surface area contributed by atoms with Gasteiger partial charge in [0.25, 0.3) is 0 Å². The highest BCUT2D eigenvalue weighted by Gasteiger charge is 2.50. The smallest absolute Gasteiger partial charge is 0.329 e. The highest BCUT2D eigenvalue weighted by Crippen LogP contribution is 2.56. The lowest BCUT2D eigenvalue weighted by molar-refractivity contribution is -0.138. The van der Waals surface area contributed by atoms with Crippen LogP contribution in [0.1, 0.15) is 104 Å². The van der Waals surface area contributed by atoms with Gasteiger partial charge in [0, 0.05) is 92.4 Å². The molecule has 5 N–H and O–H groups in total. The number of hydrogen-bond donors (Lipinski definition) is 4. The summed E-state index contributed by atoms with van der Waals surface area (Å²) < 4.78 is 71.6. The molecular weight excluding hydrogens is 956 g/mol. The number of carbonyl (C=O) groups excluding carboxylic acids is 4. The summed E-state index contributed by atoms with van der Waals surface area (Å²) in [5, 5.41) is 20.4. The molecule has 2 atom stereocenters. The van der Waals surface area contributed by atoms with Gasteiger partial charge < -0.3 is 30.7 Å². The fraction of sp³-hybridized carbons (Fsp3) is 0.453. The molecule has 4 aliphatic heterocycles. The van der Waals surface area contributed by atoms with Crippen molar-refractivity contribution in [3.05, 3.63) is 105 Å². The molecule has 0 unspecified atom stereocenters. The molecule has 0 radical (unpaired) electrons. The maximum atomic E-state index is 16.2. The van der Waals surface area contributed by atoms with E-state index in [4.69, 9.17) is 22.1 Å². The molecule has 5 aromatic rings. The Kier molecular flexibility index (Phi) is 13.5. The molecule has 1 aromatic heterocycles. The summed E-state index contributed by atoms with van der Waals surface area (Å²) in [4.78, 5) is 56.3. The van der Waals surface area contributed by atoms with Gasteiger partial charge >= 0.3 is 6.03 Å². The van der Waals surface area contributed by atoms with Crippen LogP contribution in [0.3, 0.4) is 0 Å². The third kappa shape index (κ3) is 8.82. The zero-order valence-electron chi connectivity index (χ0n) is 40.1. The van der Waals surface area contributed by atoms with Gasteiger partial charge in [0.2, 0.25) is 17.7 Å². The number of aryl methyl sites for hydroxylation is 1. The van der Waals surface area contributed by atoms with E-state index in [0.29, 0.717) is 63.3 Å². The monoisotopic (exact) mass is 1010 g/mol. The number of aromatic nitrogens is 2. The Balaban J connectivity index is 0.731. The predicted molar refractivity (Wildman–Crippen MR) is 262 cm³/mol. The molecule has 5 amide bonds. The van der Waals surface area contributed by atoms with Gasteiger partial charge in [-0.3, -0.25) is 29.3 Å². The third-order valence-corrected chi connectivity index (χ3v) is 16.4. The van der Waals surface area contributed by atoms with Gasteiger partial charge in [0.1, 0.15) is 22.9 Å². The number of benzene rings is 4. The summed E-state index contributed by atoms with van der Waals surface area (Å²) in [6.45, 7) is 5.78. The lowest BCUT2D eigenvalue weighted by Gasteiger charge is -2.40. The van der Waals surface area contributed by atoms with Gasteiger partial charge in [-0.1, -0.05) is 48.9 Å². The molecule has 4 fully saturated rings. The average Bonchev–Trinajstić information content (AvgIpc) is 3.85. The predicted octanol–water partition coefficient (Wildman–Crippen LogP) is 8.36. The van der Waals surface area contributed by atoms with Crippen LogP contribution in [0.15, 0.2) is 54.6 Å². The number of phenolic OH excluding ortho intramolecular Hbond substituents is 1. The quantitative estimate of drug-likeness (QED) is 0.0948. The summed E-state index contributed by atoms with van der Waals surface area (Å²) in [5.41, 5.74) is 5.05. The molecule has 5 aliphatic rings. The topological polar surface area (TPSA) is 175 Å². The number of hydrogen-bond acceptors (Lipinski definition) is 9. The van der Waals surface area contributed by atoms with Crippen LogP contribution in [-0.2, 0) is 22.2 Å². The van der Waals surface area contributed by atoms with Gasteiger partial charge in [-0.05, 0) is 100 Å². The second-order valence-electron chi connectivity index (χ2n) is 20.2. The number of piperidine rings is 2. The molecule has 72 heavy (non-hydrogen) atoms. The molecule has 10 rings (SSSR count). The highest BCUT2D eigenvalue weighted by atomic mass is 35.5. The van der Waals surface area contributed by atoms with Crippen LogP contribution in [0.2, 0.25) is 5.02 Å². The fourth-order valence-electron chi connectivity index (χ4n) is 12.1. The van der Waals surface area contributed by atoms with Crippen molar-refractivity contribution in [2.24, 2.45) is 24.6 Å². The molecule has 1 saturated carbocycles. The number of nitrogens with two attached hydrogens (primary N) is 1. The zero-order valence-corrected chi connectivity index (χ0v) is 40.8. The minimum Gasteiger partial charge on any atom is -0.505 e. The van der Waals surface area contributed by atoms with E-state index in [1.807, 2.05) is 42.2 Å². The Hall–Kier alpha value is -6.24. The van der Waals surface area contributed by atoms with Crippen molar-refractivity contribution in [2.45, 2.75) is 88.2 Å². The standard InChI is InChI=1S/C53H57ClF4N8O6/c1-28-41-39(25-37(56)45(54)44(41)43-34(49(59)69)12-13-38(67)46(43)57)72-53(28,32-6-4-3-5-7-32)27-60-33-10-8-31(9-11-33)51(70)65-21-14-29(15-22-65)26-64-19-16-30(17-20-64)42-36(55)24-35-48(47(42)58)63(2)62-50(35)66-23-18-40(68)61-52(66)71/h3-7,12-13,24-25,28-31,33,60,67H,8-11,14-23,26-27H2,1-2H3,(H2,59,69)(H,61,68,71)/t28-,31?,33?,53-/m0/s1. The van der Waals surface area contributed by atoms with E-state index in [9.17, 15) is 24.3 Å². The van der Waals surface area contributed by atoms with E-state index < -0.39 is 69.0 Å². The summed E-state index contributed by atoms with van der Waals surface area (Å²) >= 11 is 6.61. The van der Waals surface area contributed by atoms with Gasteiger partial charge in [0.15, 0.2) is 28.8 Å². The number of halogens is 5. The van der Waals surface area contributed by atoms with Crippen molar-refractivity contribution in [1.29, 1.82) is 0 Å². The summed E-state index contributed by atoms with van der Waals surface area (Å²) in [6.07, 6.45) is 5.84. The number of nitrogens with zero attached hydrogens (tertiary/aromatic N) is 5. The first-order valence-corrected chi connectivity index (χ1v) is 25.2. The van der Waals surface area contributed by atoms with Crippen molar-refractivity contribution in [3.8, 4) is 22.6 Å². The molecule has 4 aromatic carbocycles. The molecule has 19 heteroatoms. The Morgan fingerprint density at radius 1 is 0.889 bits per heavy atom. The minimum absolute atomic E-state index is 0.0379. The third-order valence-electron chi connectivity index (χ3n) is 16.1. The SMILES string of the molecule is C[C@H]1c2c(cc(F)c(Cl)c2-c2c(C(N)=O)ccc(O)c2F)O[C@]1(CNC1CCC(C(=O)N2CCC(CN3CCC(c4c(F)cc5c(N6CCC(=O)NC6=O)nn(C)c5c4F)CC3)CC2)CC1)c1ccccc1. The number of likely N-dealkylation sites (tertiary alicyclic amines) is 2. The number of primary amides is 1. The van der Waals surface area contributed by atoms with Gasteiger partial charge in [0.05, 0.1) is 16.0 Å². The Bertz CT molecular complexity index is 2970. The number of fused-ring (bicyclic) bond motifs is 2. The lowest BCUT2D eigenvalue weighted by Crippen LogP contribution is -2.49. The maximum absolute atomic E-state index is 16.2. The van der Waals surface area contributed by atoms with Crippen LogP contribution in [-0.4, -0.2) is 100 Å². The van der Waals surface area contributed by atoms with Crippen molar-refractivity contribution in [3.63, 3.8) is 0 Å². The van der Waals surface area contributed by atoms with E-state index >= 15 is 17.6 Å². The van der Waals surface area contributed by atoms with E-state index in [1.165, 1.54) is 21.7 Å². The maximum Gasteiger partial charge on any atom is 0.329 e. The zero-order chi connectivity index (χ0) is 50.7. The summed E-state index contributed by atoms with van der Waals surface area (Å²) in [7, 11) is 1.56. The van der Waals surface area contributed by atoms with Crippen LogP contribution in [0.25, 0.3) is 22.0 Å². The second-order valence-corrected chi connectivity index (χ2v) is 20.6. The Morgan fingerprint density at radius 3 is 2.28 bits per heavy atom. The Morgan fingerprint density at radius 2 is 1.60 bits per heavy atom. The second kappa shape index (κ2) is 19.6. The van der Waals surface area contributed by atoms with E-state index in [0.717, 1.165) is 49.9 Å². The summed E-state index contributed by atoms with van der Waals surface area (Å²) in [6, 6.07) is 13.4. The fourth-order valence-corrected chi connectivity index (χ4v) is 12.4. The number of nitrogens with one attached hydrogen (secondary N) is 2. The molecule has 380 valence electrons. The Labute approximate surface area is 418 Å². The largest absolute Gasteiger partial charge is 0.505 e. The molecule has 14 nitrogen and oxygen atoms in total. The number of aromatic hydroxyl groups is 1. The van der Waals surface area contributed by atoms with Crippen LogP contribution < -0.4 is 26.0 Å². The van der Waals surface area contributed by atoms with E-state index in [-0.39, 0.29) is 82.5 Å². The van der Waals surface area contributed by atoms with Gasteiger partial charge in [-0.2, -0.15) is 5.10 Å². The first kappa shape index (κ1) is 49.3. The van der Waals surface area contributed by atoms with Crippen molar-refractivity contribution in [1.82, 2.24) is 30.2 Å². The number of amides is 5. The number of urea groups is 1. The van der Waals surface area contributed by atoms with Gasteiger partial charge in [-0.15, -0.1) is 0 Å². The average molecular weight is 1010 g/mol. The highest BCUT2D eigenvalue weighted by molar-refractivity contribution is 6.34. The van der Waals surface area contributed by atoms with Crippen molar-refractivity contribution in [2.75, 3.05) is 50.7 Å². The molecule has 5 heterocycles. The number of anilines is 1. The number of phenols is 1. The summed E-state index contributed by atoms with van der Waals surface area (Å²) in [5.74, 6) is -5.75. The molecule has 0 spiro atoms. The molecule has 0 bridgehead atoms. The molecule has 1 aliphatic carbocycles. The van der Waals surface area contributed by atoms with Crippen LogP contribution in [0.5, 0.6) is 11.5 Å². The first-order valence-electron chi connectivity index (χ1n) is 24.8. The van der Waals surface area contributed by atoms with E-state index in [2.05, 4.69) is 20.6 Å². The minimum atomic E-state index is -1.16.